The number of ether oxygens (including phenoxy) is 1. The van der Waals surface area contributed by atoms with E-state index in [-0.39, 0.29) is 6.09 Å². The second-order valence-corrected chi connectivity index (χ2v) is 7.40. The van der Waals surface area contributed by atoms with Gasteiger partial charge in [-0.2, -0.15) is 0 Å². The molecule has 0 radical (unpaired) electrons. The minimum absolute atomic E-state index is 0.255. The number of rotatable bonds is 5. The lowest BCUT2D eigenvalue weighted by molar-refractivity contribution is 0.0300. The third kappa shape index (κ3) is 7.51. The number of hydrogen-bond donors (Lipinski definition) is 1. The Balaban J connectivity index is 2.19. The molecular weight excluding hydrogens is 264 g/mol. The van der Waals surface area contributed by atoms with Crippen molar-refractivity contribution in [1.29, 1.82) is 0 Å². The van der Waals surface area contributed by atoms with Crippen LogP contribution < -0.4 is 5.32 Å². The molecule has 0 saturated carbocycles. The first-order valence-electron chi connectivity index (χ1n) is 7.99. The van der Waals surface area contributed by atoms with Gasteiger partial charge in [0.05, 0.1) is 0 Å². The lowest BCUT2D eigenvalue weighted by atomic mass is 9.84. The number of carbonyl (C=O) groups is 1. The summed E-state index contributed by atoms with van der Waals surface area (Å²) in [5.41, 5.74) is 1.08. The SMILES string of the molecule is CC1=CC(C)CC(CNCCN(C)C(=O)OC(C)(C)C)C1. The lowest BCUT2D eigenvalue weighted by Crippen LogP contribution is -2.39. The van der Waals surface area contributed by atoms with Crippen molar-refractivity contribution in [3.8, 4) is 0 Å². The highest BCUT2D eigenvalue weighted by atomic mass is 16.6. The van der Waals surface area contributed by atoms with Crippen molar-refractivity contribution >= 4 is 6.09 Å². The average molecular weight is 296 g/mol. The normalized spacial score (nSPS) is 22.7. The van der Waals surface area contributed by atoms with Crippen LogP contribution in [0.25, 0.3) is 0 Å². The van der Waals surface area contributed by atoms with Crippen molar-refractivity contribution in [3.63, 3.8) is 0 Å². The Labute approximate surface area is 129 Å². The topological polar surface area (TPSA) is 41.6 Å². The number of allylic oxidation sites excluding steroid dienone is 2. The van der Waals surface area contributed by atoms with Crippen molar-refractivity contribution in [2.45, 2.75) is 53.1 Å². The van der Waals surface area contributed by atoms with Crippen LogP contribution in [0.5, 0.6) is 0 Å². The van der Waals surface area contributed by atoms with Crippen LogP contribution in [0.2, 0.25) is 0 Å². The number of carbonyl (C=O) groups excluding carboxylic acids is 1. The summed E-state index contributed by atoms with van der Waals surface area (Å²) in [5.74, 6) is 1.41. The van der Waals surface area contributed by atoms with Crippen LogP contribution in [0.3, 0.4) is 0 Å². The maximum absolute atomic E-state index is 11.8. The summed E-state index contributed by atoms with van der Waals surface area (Å²) in [6.07, 6.45) is 4.58. The Morgan fingerprint density at radius 2 is 2.14 bits per heavy atom. The zero-order chi connectivity index (χ0) is 16.0. The van der Waals surface area contributed by atoms with Crippen LogP contribution in [-0.4, -0.2) is 43.3 Å². The second-order valence-electron chi connectivity index (χ2n) is 7.40. The molecular formula is C17H32N2O2. The molecule has 0 fully saturated rings. The van der Waals surface area contributed by atoms with Crippen LogP contribution in [0.15, 0.2) is 11.6 Å². The number of nitrogens with one attached hydrogen (secondary N) is 1. The summed E-state index contributed by atoms with van der Waals surface area (Å²) in [4.78, 5) is 13.4. The smallest absolute Gasteiger partial charge is 0.410 e. The molecule has 0 aromatic heterocycles. The standard InChI is InChI=1S/C17H32N2O2/c1-13-9-14(2)11-15(10-13)12-18-7-8-19(6)16(20)21-17(3,4)5/h9,13,15,18H,7-8,10-12H2,1-6H3. The van der Waals surface area contributed by atoms with Crippen molar-refractivity contribution in [1.82, 2.24) is 10.2 Å². The minimum atomic E-state index is -0.430. The van der Waals surface area contributed by atoms with Crippen molar-refractivity contribution < 1.29 is 9.53 Å². The highest BCUT2D eigenvalue weighted by Crippen LogP contribution is 2.27. The molecule has 0 aromatic rings. The van der Waals surface area contributed by atoms with E-state index in [1.165, 1.54) is 18.4 Å². The monoisotopic (exact) mass is 296 g/mol. The molecule has 1 rings (SSSR count). The molecule has 1 aliphatic carbocycles. The van der Waals surface area contributed by atoms with Gasteiger partial charge in [-0.05, 0) is 58.9 Å². The zero-order valence-corrected chi connectivity index (χ0v) is 14.5. The molecule has 0 aromatic carbocycles. The van der Waals surface area contributed by atoms with Crippen LogP contribution in [0.1, 0.15) is 47.5 Å². The van der Waals surface area contributed by atoms with Gasteiger partial charge < -0.3 is 15.0 Å². The summed E-state index contributed by atoms with van der Waals surface area (Å²) in [5, 5.41) is 3.47. The maximum Gasteiger partial charge on any atom is 0.410 e. The summed E-state index contributed by atoms with van der Waals surface area (Å²) in [6.45, 7) is 12.7. The van der Waals surface area contributed by atoms with E-state index in [0.29, 0.717) is 12.5 Å². The Morgan fingerprint density at radius 1 is 1.48 bits per heavy atom. The van der Waals surface area contributed by atoms with Gasteiger partial charge in [-0.3, -0.25) is 0 Å². The molecule has 0 saturated heterocycles. The predicted molar refractivity (Wildman–Crippen MR) is 87.4 cm³/mol. The first-order valence-corrected chi connectivity index (χ1v) is 7.99. The molecule has 122 valence electrons. The van der Waals surface area contributed by atoms with Crippen molar-refractivity contribution in [3.05, 3.63) is 11.6 Å². The molecule has 1 aliphatic rings. The first-order chi connectivity index (χ1) is 9.67. The zero-order valence-electron chi connectivity index (χ0n) is 14.5. The van der Waals surface area contributed by atoms with Crippen LogP contribution in [0.4, 0.5) is 4.79 Å². The molecule has 0 aliphatic heterocycles. The molecule has 0 spiro atoms. The van der Waals surface area contributed by atoms with Gasteiger partial charge in [0.1, 0.15) is 5.60 Å². The van der Waals surface area contributed by atoms with Gasteiger partial charge in [0, 0.05) is 20.1 Å². The van der Waals surface area contributed by atoms with Gasteiger partial charge in [0.15, 0.2) is 0 Å². The third-order valence-corrected chi connectivity index (χ3v) is 3.65. The molecule has 21 heavy (non-hydrogen) atoms. The molecule has 2 unspecified atom stereocenters. The van der Waals surface area contributed by atoms with E-state index in [4.69, 9.17) is 4.74 Å². The predicted octanol–water partition coefficient (Wildman–Crippen LogP) is 3.44. The van der Waals surface area contributed by atoms with Gasteiger partial charge in [-0.15, -0.1) is 0 Å². The van der Waals surface area contributed by atoms with E-state index in [1.54, 1.807) is 11.9 Å². The van der Waals surface area contributed by atoms with Crippen LogP contribution in [-0.2, 0) is 4.74 Å². The first kappa shape index (κ1) is 18.0. The molecule has 1 amide bonds. The fraction of sp³-hybridized carbons (Fsp3) is 0.824. The maximum atomic E-state index is 11.8. The average Bonchev–Trinajstić information content (AvgIpc) is 2.31. The van der Waals surface area contributed by atoms with Crippen molar-refractivity contribution in [2.75, 3.05) is 26.7 Å². The summed E-state index contributed by atoms with van der Waals surface area (Å²) in [7, 11) is 1.78. The number of hydrogen-bond acceptors (Lipinski definition) is 3. The van der Waals surface area contributed by atoms with E-state index in [2.05, 4.69) is 25.2 Å². The van der Waals surface area contributed by atoms with E-state index in [0.717, 1.165) is 19.0 Å². The fourth-order valence-corrected chi connectivity index (χ4v) is 2.83. The van der Waals surface area contributed by atoms with Gasteiger partial charge in [0.25, 0.3) is 0 Å². The van der Waals surface area contributed by atoms with Gasteiger partial charge in [-0.25, -0.2) is 4.79 Å². The summed E-state index contributed by atoms with van der Waals surface area (Å²) in [6, 6.07) is 0. The van der Waals surface area contributed by atoms with E-state index >= 15 is 0 Å². The molecule has 4 heteroatoms. The molecule has 4 nitrogen and oxygen atoms in total. The highest BCUT2D eigenvalue weighted by molar-refractivity contribution is 5.67. The molecule has 1 N–H and O–H groups in total. The van der Waals surface area contributed by atoms with Crippen molar-refractivity contribution in [2.24, 2.45) is 11.8 Å². The second kappa shape index (κ2) is 7.83. The van der Waals surface area contributed by atoms with Crippen LogP contribution >= 0.6 is 0 Å². The fourth-order valence-electron chi connectivity index (χ4n) is 2.83. The largest absolute Gasteiger partial charge is 0.444 e. The molecule has 0 bridgehead atoms. The number of amides is 1. The minimum Gasteiger partial charge on any atom is -0.444 e. The van der Waals surface area contributed by atoms with Gasteiger partial charge in [0.2, 0.25) is 0 Å². The van der Waals surface area contributed by atoms with Gasteiger partial charge >= 0.3 is 6.09 Å². The molecule has 2 atom stereocenters. The number of nitrogens with zero attached hydrogens (tertiary/aromatic N) is 1. The third-order valence-electron chi connectivity index (χ3n) is 3.65. The van der Waals surface area contributed by atoms with E-state index < -0.39 is 5.60 Å². The highest BCUT2D eigenvalue weighted by Gasteiger charge is 2.20. The molecule has 0 heterocycles. The van der Waals surface area contributed by atoms with E-state index in [1.807, 2.05) is 20.8 Å². The van der Waals surface area contributed by atoms with Crippen LogP contribution in [0, 0.1) is 11.8 Å². The lowest BCUT2D eigenvalue weighted by Gasteiger charge is -2.27. The van der Waals surface area contributed by atoms with Gasteiger partial charge in [-0.1, -0.05) is 18.6 Å². The summed E-state index contributed by atoms with van der Waals surface area (Å²) < 4.78 is 5.33. The Hall–Kier alpha value is -1.03. The summed E-state index contributed by atoms with van der Waals surface area (Å²) >= 11 is 0. The Bertz CT molecular complexity index is 371. The number of likely N-dealkylation sites (N-methyl/N-ethyl adjacent to an activating group) is 1. The Kier molecular flexibility index (Phi) is 6.72. The Morgan fingerprint density at radius 3 is 2.71 bits per heavy atom. The van der Waals surface area contributed by atoms with E-state index in [9.17, 15) is 4.79 Å². The quantitative estimate of drug-likeness (QED) is 0.624.